The summed E-state index contributed by atoms with van der Waals surface area (Å²) in [5.74, 6) is 0.630. The minimum Gasteiger partial charge on any atom is -0.461 e. The second kappa shape index (κ2) is 6.23. The molecule has 0 fully saturated rings. The molecule has 0 unspecified atom stereocenters. The molecule has 5 nitrogen and oxygen atoms in total. The number of nitrogens with zero attached hydrogens (tertiary/aromatic N) is 2. The van der Waals surface area contributed by atoms with Crippen LogP contribution in [-0.4, -0.2) is 22.1 Å². The molecule has 0 saturated carbocycles. The Morgan fingerprint density at radius 2 is 2.05 bits per heavy atom. The smallest absolute Gasteiger partial charge is 0.360 e. The maximum Gasteiger partial charge on any atom is 0.360 e. The molecule has 0 aliphatic carbocycles. The van der Waals surface area contributed by atoms with Crippen molar-refractivity contribution < 1.29 is 9.53 Å². The van der Waals surface area contributed by atoms with Gasteiger partial charge in [-0.25, -0.2) is 9.78 Å². The quantitative estimate of drug-likeness (QED) is 0.848. The fourth-order valence-electron chi connectivity index (χ4n) is 2.10. The number of hydrogen-bond acceptors (Lipinski definition) is 4. The third-order valence-corrected chi connectivity index (χ3v) is 3.13. The first-order valence-electron chi connectivity index (χ1n) is 6.67. The van der Waals surface area contributed by atoms with Gasteiger partial charge in [-0.3, -0.25) is 0 Å². The summed E-state index contributed by atoms with van der Waals surface area (Å²) in [7, 11) is 0. The number of benzene rings is 1. The summed E-state index contributed by atoms with van der Waals surface area (Å²) in [5, 5.41) is 0. The average Bonchev–Trinajstić information content (AvgIpc) is 2.73. The summed E-state index contributed by atoms with van der Waals surface area (Å²) in [6.07, 6.45) is 0.838. The molecule has 2 N–H and O–H groups in total. The lowest BCUT2D eigenvalue weighted by molar-refractivity contribution is 0.0521. The topological polar surface area (TPSA) is 70.1 Å². The Morgan fingerprint density at radius 1 is 1.35 bits per heavy atom. The van der Waals surface area contributed by atoms with E-state index in [9.17, 15) is 4.79 Å². The van der Waals surface area contributed by atoms with Crippen molar-refractivity contribution in [1.82, 2.24) is 9.55 Å². The second-order valence-electron chi connectivity index (χ2n) is 4.50. The van der Waals surface area contributed by atoms with Gasteiger partial charge in [0.25, 0.3) is 0 Å². The molecule has 1 heterocycles. The van der Waals surface area contributed by atoms with Crippen LogP contribution in [0.25, 0.3) is 0 Å². The SMILES string of the molecule is CCOC(=O)c1nc(C)n(CCc2ccccc2)c1N. The van der Waals surface area contributed by atoms with E-state index in [1.54, 1.807) is 6.92 Å². The van der Waals surface area contributed by atoms with Crippen molar-refractivity contribution in [2.75, 3.05) is 12.3 Å². The van der Waals surface area contributed by atoms with Crippen molar-refractivity contribution in [2.24, 2.45) is 0 Å². The van der Waals surface area contributed by atoms with Crippen LogP contribution in [0.15, 0.2) is 30.3 Å². The zero-order valence-corrected chi connectivity index (χ0v) is 11.8. The van der Waals surface area contributed by atoms with E-state index in [1.807, 2.05) is 29.7 Å². The number of anilines is 1. The summed E-state index contributed by atoms with van der Waals surface area (Å²) in [6, 6.07) is 10.1. The van der Waals surface area contributed by atoms with E-state index in [-0.39, 0.29) is 5.69 Å². The molecule has 5 heteroatoms. The molecule has 2 rings (SSSR count). The molecule has 0 atom stereocenters. The minimum atomic E-state index is -0.466. The molecule has 0 aliphatic rings. The largest absolute Gasteiger partial charge is 0.461 e. The van der Waals surface area contributed by atoms with Crippen LogP contribution in [0.5, 0.6) is 0 Å². The van der Waals surface area contributed by atoms with Crippen molar-refractivity contribution in [1.29, 1.82) is 0 Å². The Balaban J connectivity index is 2.14. The van der Waals surface area contributed by atoms with E-state index >= 15 is 0 Å². The van der Waals surface area contributed by atoms with Gasteiger partial charge < -0.3 is 15.0 Å². The highest BCUT2D eigenvalue weighted by Gasteiger charge is 2.19. The number of aryl methyl sites for hydroxylation is 2. The normalized spacial score (nSPS) is 10.5. The van der Waals surface area contributed by atoms with Gasteiger partial charge in [-0.05, 0) is 25.8 Å². The maximum absolute atomic E-state index is 11.7. The van der Waals surface area contributed by atoms with Gasteiger partial charge in [-0.2, -0.15) is 0 Å². The van der Waals surface area contributed by atoms with Crippen LogP contribution >= 0.6 is 0 Å². The highest BCUT2D eigenvalue weighted by Crippen LogP contribution is 2.16. The Morgan fingerprint density at radius 3 is 2.70 bits per heavy atom. The number of carbonyl (C=O) groups excluding carboxylic acids is 1. The standard InChI is InChI=1S/C15H19N3O2/c1-3-20-15(19)13-14(16)18(11(2)17-13)10-9-12-7-5-4-6-8-12/h4-8H,3,9-10,16H2,1-2H3. The summed E-state index contributed by atoms with van der Waals surface area (Å²) in [6.45, 7) is 4.60. The van der Waals surface area contributed by atoms with Crippen LogP contribution in [0.3, 0.4) is 0 Å². The first-order chi connectivity index (χ1) is 9.63. The minimum absolute atomic E-state index is 0.206. The molecule has 0 spiro atoms. The number of nitrogens with two attached hydrogens (primary N) is 1. The summed E-state index contributed by atoms with van der Waals surface area (Å²) < 4.78 is 6.79. The first kappa shape index (κ1) is 14.1. The number of esters is 1. The van der Waals surface area contributed by atoms with Crippen molar-refractivity contribution >= 4 is 11.8 Å². The van der Waals surface area contributed by atoms with Crippen LogP contribution in [0.2, 0.25) is 0 Å². The van der Waals surface area contributed by atoms with Crippen LogP contribution in [0.4, 0.5) is 5.82 Å². The van der Waals surface area contributed by atoms with Crippen LogP contribution < -0.4 is 5.73 Å². The van der Waals surface area contributed by atoms with Gasteiger partial charge >= 0.3 is 5.97 Å². The number of nitrogen functional groups attached to an aromatic ring is 1. The third-order valence-electron chi connectivity index (χ3n) is 3.13. The molecule has 0 saturated heterocycles. The van der Waals surface area contributed by atoms with Gasteiger partial charge in [-0.1, -0.05) is 30.3 Å². The second-order valence-corrected chi connectivity index (χ2v) is 4.50. The highest BCUT2D eigenvalue weighted by atomic mass is 16.5. The molecule has 0 amide bonds. The third kappa shape index (κ3) is 2.99. The molecule has 20 heavy (non-hydrogen) atoms. The van der Waals surface area contributed by atoms with E-state index in [0.29, 0.717) is 19.0 Å². The molecule has 106 valence electrons. The molecule has 2 aromatic rings. The van der Waals surface area contributed by atoms with Crippen molar-refractivity contribution in [3.05, 3.63) is 47.4 Å². The van der Waals surface area contributed by atoms with E-state index < -0.39 is 5.97 Å². The predicted octanol–water partition coefficient (Wildman–Crippen LogP) is 2.19. The van der Waals surface area contributed by atoms with E-state index in [4.69, 9.17) is 10.5 Å². The number of carbonyl (C=O) groups is 1. The van der Waals surface area contributed by atoms with E-state index in [1.165, 1.54) is 5.56 Å². The zero-order valence-electron chi connectivity index (χ0n) is 11.8. The van der Waals surface area contributed by atoms with E-state index in [0.717, 1.165) is 12.2 Å². The molecular formula is C15H19N3O2. The molecule has 0 bridgehead atoms. The number of imidazole rings is 1. The van der Waals surface area contributed by atoms with Gasteiger partial charge in [0.15, 0.2) is 5.69 Å². The predicted molar refractivity (Wildman–Crippen MR) is 77.5 cm³/mol. The van der Waals surface area contributed by atoms with Gasteiger partial charge in [0.1, 0.15) is 11.6 Å². The number of rotatable bonds is 5. The number of ether oxygens (including phenoxy) is 1. The van der Waals surface area contributed by atoms with Crippen molar-refractivity contribution in [3.8, 4) is 0 Å². The summed E-state index contributed by atoms with van der Waals surface area (Å²) in [4.78, 5) is 15.9. The number of hydrogen-bond donors (Lipinski definition) is 1. The van der Waals surface area contributed by atoms with Crippen molar-refractivity contribution in [3.63, 3.8) is 0 Å². The first-order valence-corrected chi connectivity index (χ1v) is 6.67. The Bertz CT molecular complexity index is 591. The summed E-state index contributed by atoms with van der Waals surface area (Å²) in [5.41, 5.74) is 7.43. The lowest BCUT2D eigenvalue weighted by atomic mass is 10.1. The van der Waals surface area contributed by atoms with Crippen molar-refractivity contribution in [2.45, 2.75) is 26.8 Å². The van der Waals surface area contributed by atoms with E-state index in [2.05, 4.69) is 17.1 Å². The van der Waals surface area contributed by atoms with Gasteiger partial charge in [-0.15, -0.1) is 0 Å². The number of aromatic nitrogens is 2. The van der Waals surface area contributed by atoms with Gasteiger partial charge in [0.2, 0.25) is 0 Å². The Labute approximate surface area is 118 Å². The Kier molecular flexibility index (Phi) is 4.40. The lowest BCUT2D eigenvalue weighted by Gasteiger charge is -2.07. The average molecular weight is 273 g/mol. The fourth-order valence-corrected chi connectivity index (χ4v) is 2.10. The Hall–Kier alpha value is -2.30. The van der Waals surface area contributed by atoms with Crippen LogP contribution in [-0.2, 0) is 17.7 Å². The zero-order chi connectivity index (χ0) is 14.5. The van der Waals surface area contributed by atoms with Gasteiger partial charge in [0.05, 0.1) is 6.61 Å². The molecule has 1 aromatic carbocycles. The summed E-state index contributed by atoms with van der Waals surface area (Å²) >= 11 is 0. The molecular weight excluding hydrogens is 254 g/mol. The molecule has 0 aliphatic heterocycles. The molecule has 1 aromatic heterocycles. The van der Waals surface area contributed by atoms with Gasteiger partial charge in [0, 0.05) is 6.54 Å². The lowest BCUT2D eigenvalue weighted by Crippen LogP contribution is -2.11. The fraction of sp³-hybridized carbons (Fsp3) is 0.333. The monoisotopic (exact) mass is 273 g/mol. The van der Waals surface area contributed by atoms with Crippen LogP contribution in [0, 0.1) is 6.92 Å². The van der Waals surface area contributed by atoms with Crippen LogP contribution in [0.1, 0.15) is 28.8 Å². The maximum atomic E-state index is 11.7. The highest BCUT2D eigenvalue weighted by molar-refractivity contribution is 5.92. The molecule has 0 radical (unpaired) electrons.